The summed E-state index contributed by atoms with van der Waals surface area (Å²) in [6.07, 6.45) is 8.53. The molecule has 27 heavy (non-hydrogen) atoms. The van der Waals surface area contributed by atoms with Crippen LogP contribution in [0.25, 0.3) is 0 Å². The normalized spacial score (nSPS) is 19.1. The largest absolute Gasteiger partial charge is 0.486 e. The number of aliphatic imine (C=N–C) groups is 1. The number of halogens is 2. The molecule has 0 saturated carbocycles. The van der Waals surface area contributed by atoms with Gasteiger partial charge in [-0.1, -0.05) is 23.2 Å². The van der Waals surface area contributed by atoms with E-state index in [0.29, 0.717) is 34.2 Å². The smallest absolute Gasteiger partial charge is 0.280 e. The number of ether oxygens (including phenoxy) is 1. The van der Waals surface area contributed by atoms with Crippen LogP contribution >= 0.6 is 23.2 Å². The molecule has 1 aromatic rings. The Balaban J connectivity index is 1.98. The predicted molar refractivity (Wildman–Crippen MR) is 109 cm³/mol. The van der Waals surface area contributed by atoms with Crippen LogP contribution in [0.5, 0.6) is 5.75 Å². The first-order valence-corrected chi connectivity index (χ1v) is 9.14. The molecule has 140 valence electrons. The maximum atomic E-state index is 12.1. The number of carbonyl (C=O) groups excluding carboxylic acids is 1. The second kappa shape index (κ2) is 8.03. The molecule has 1 atom stereocenters. The Kier molecular flexibility index (Phi) is 5.73. The molecule has 1 aromatic carbocycles. The zero-order chi connectivity index (χ0) is 19.6. The van der Waals surface area contributed by atoms with E-state index in [-0.39, 0.29) is 12.1 Å². The van der Waals surface area contributed by atoms with Gasteiger partial charge in [0.25, 0.3) is 5.91 Å². The summed E-state index contributed by atoms with van der Waals surface area (Å²) in [6.45, 7) is 1.96. The van der Waals surface area contributed by atoms with E-state index in [2.05, 4.69) is 4.99 Å². The summed E-state index contributed by atoms with van der Waals surface area (Å²) in [6, 6.07) is 5.16. The van der Waals surface area contributed by atoms with Gasteiger partial charge in [-0.3, -0.25) is 4.79 Å². The summed E-state index contributed by atoms with van der Waals surface area (Å²) in [5, 5.41) is 1.31. The highest BCUT2D eigenvalue weighted by Gasteiger charge is 2.20. The van der Waals surface area contributed by atoms with Crippen LogP contribution in [0.2, 0.25) is 0 Å². The highest BCUT2D eigenvalue weighted by Crippen LogP contribution is 2.34. The van der Waals surface area contributed by atoms with Crippen molar-refractivity contribution in [1.82, 2.24) is 0 Å². The number of fused-ring (bicyclic) bond motifs is 1. The molecule has 1 aliphatic heterocycles. The number of hydrogen-bond acceptors (Lipinski definition) is 2. The second-order valence-corrected chi connectivity index (χ2v) is 7.29. The van der Waals surface area contributed by atoms with Gasteiger partial charge in [0.05, 0.1) is 0 Å². The second-order valence-electron chi connectivity index (χ2n) is 6.37. The zero-order valence-electron chi connectivity index (χ0n) is 14.7. The Morgan fingerprint density at radius 3 is 2.70 bits per heavy atom. The van der Waals surface area contributed by atoms with Crippen LogP contribution < -0.4 is 16.2 Å². The molecule has 2 aliphatic rings. The Morgan fingerprint density at radius 1 is 1.19 bits per heavy atom. The summed E-state index contributed by atoms with van der Waals surface area (Å²) >= 11 is 12.5. The Hall–Kier alpha value is -2.50. The van der Waals surface area contributed by atoms with Crippen LogP contribution in [0.4, 0.5) is 0 Å². The number of benzene rings is 1. The Labute approximate surface area is 167 Å². The summed E-state index contributed by atoms with van der Waals surface area (Å²) in [4.78, 5) is 15.7. The summed E-state index contributed by atoms with van der Waals surface area (Å²) in [7, 11) is 0. The molecule has 0 bridgehead atoms. The van der Waals surface area contributed by atoms with Gasteiger partial charge < -0.3 is 16.2 Å². The number of rotatable bonds is 2. The predicted octanol–water partition coefficient (Wildman–Crippen LogP) is 3.93. The standard InChI is InChI=1S/C20H19Cl2N3O2/c1-11-6-13(14-9-16(21)3-4-17(22)10-14)8-15-7-12(2-5-18(15)27-11)19(26)25-20(23)24/h2-7,9,11H,8,10H2,1H3,(H4,23,24,25,26). The lowest BCUT2D eigenvalue weighted by Gasteiger charge is -2.12. The summed E-state index contributed by atoms with van der Waals surface area (Å²) < 4.78 is 5.98. The molecule has 0 radical (unpaired) electrons. The van der Waals surface area contributed by atoms with Gasteiger partial charge in [0, 0.05) is 28.5 Å². The van der Waals surface area contributed by atoms with Crippen molar-refractivity contribution in [2.24, 2.45) is 16.5 Å². The maximum Gasteiger partial charge on any atom is 0.280 e. The number of nitrogens with zero attached hydrogens (tertiary/aromatic N) is 1. The molecule has 3 rings (SSSR count). The van der Waals surface area contributed by atoms with E-state index in [4.69, 9.17) is 39.4 Å². The first kappa shape index (κ1) is 19.3. The molecule has 0 aromatic heterocycles. The van der Waals surface area contributed by atoms with E-state index >= 15 is 0 Å². The maximum absolute atomic E-state index is 12.1. The fourth-order valence-electron chi connectivity index (χ4n) is 3.03. The number of allylic oxidation sites excluding steroid dienone is 7. The third-order valence-corrected chi connectivity index (χ3v) is 4.67. The van der Waals surface area contributed by atoms with E-state index in [1.54, 1.807) is 30.4 Å². The number of amides is 1. The van der Waals surface area contributed by atoms with Crippen molar-refractivity contribution in [3.8, 4) is 5.75 Å². The topological polar surface area (TPSA) is 90.7 Å². The van der Waals surface area contributed by atoms with Crippen molar-refractivity contribution in [3.05, 3.63) is 74.8 Å². The van der Waals surface area contributed by atoms with Crippen molar-refractivity contribution in [2.45, 2.75) is 25.9 Å². The van der Waals surface area contributed by atoms with Crippen molar-refractivity contribution < 1.29 is 9.53 Å². The van der Waals surface area contributed by atoms with Gasteiger partial charge in [-0.05, 0) is 66.1 Å². The molecule has 1 unspecified atom stereocenters. The minimum Gasteiger partial charge on any atom is -0.486 e. The average Bonchev–Trinajstić information content (AvgIpc) is 2.86. The number of nitrogens with two attached hydrogens (primary N) is 2. The van der Waals surface area contributed by atoms with Gasteiger partial charge in [-0.25, -0.2) is 0 Å². The van der Waals surface area contributed by atoms with Gasteiger partial charge in [-0.2, -0.15) is 4.99 Å². The lowest BCUT2D eigenvalue weighted by molar-refractivity contribution is 0.100. The van der Waals surface area contributed by atoms with Gasteiger partial charge >= 0.3 is 0 Å². The lowest BCUT2D eigenvalue weighted by atomic mass is 9.94. The van der Waals surface area contributed by atoms with Gasteiger partial charge in [-0.15, -0.1) is 0 Å². The minimum atomic E-state index is -0.494. The van der Waals surface area contributed by atoms with Gasteiger partial charge in [0.15, 0.2) is 5.96 Å². The fourth-order valence-corrected chi connectivity index (χ4v) is 3.43. The van der Waals surface area contributed by atoms with Crippen LogP contribution in [0.3, 0.4) is 0 Å². The quantitative estimate of drug-likeness (QED) is 0.577. The van der Waals surface area contributed by atoms with Crippen LogP contribution in [-0.4, -0.2) is 18.0 Å². The molecule has 1 aliphatic carbocycles. The van der Waals surface area contributed by atoms with Crippen molar-refractivity contribution >= 4 is 35.1 Å². The first-order valence-electron chi connectivity index (χ1n) is 8.39. The van der Waals surface area contributed by atoms with E-state index in [1.807, 2.05) is 19.1 Å². The molecule has 1 amide bonds. The van der Waals surface area contributed by atoms with Crippen molar-refractivity contribution in [1.29, 1.82) is 0 Å². The molecular formula is C20H19Cl2N3O2. The zero-order valence-corrected chi connectivity index (χ0v) is 16.2. The highest BCUT2D eigenvalue weighted by molar-refractivity contribution is 6.32. The number of carbonyl (C=O) groups is 1. The summed E-state index contributed by atoms with van der Waals surface area (Å²) in [5.74, 6) is -0.0503. The molecule has 1 heterocycles. The van der Waals surface area contributed by atoms with Crippen LogP contribution in [-0.2, 0) is 6.42 Å². The first-order chi connectivity index (χ1) is 12.8. The molecular weight excluding hydrogens is 385 g/mol. The monoisotopic (exact) mass is 403 g/mol. The molecule has 5 nitrogen and oxygen atoms in total. The van der Waals surface area contributed by atoms with Crippen LogP contribution in [0.15, 0.2) is 68.7 Å². The molecule has 0 saturated heterocycles. The van der Waals surface area contributed by atoms with Crippen molar-refractivity contribution in [2.75, 3.05) is 0 Å². The number of hydrogen-bond donors (Lipinski definition) is 2. The SMILES string of the molecule is CC1C=C(C2=CC(Cl)=CC=C(Cl)C2)Cc2cc(C(=O)N=C(N)N)ccc2O1. The van der Waals surface area contributed by atoms with E-state index < -0.39 is 5.91 Å². The average molecular weight is 404 g/mol. The third-order valence-electron chi connectivity index (χ3n) is 4.18. The Bertz CT molecular complexity index is 939. The molecule has 0 fully saturated rings. The van der Waals surface area contributed by atoms with Crippen LogP contribution in [0, 0.1) is 0 Å². The van der Waals surface area contributed by atoms with E-state index in [0.717, 1.165) is 16.7 Å². The van der Waals surface area contributed by atoms with Crippen LogP contribution in [0.1, 0.15) is 29.3 Å². The molecule has 0 spiro atoms. The van der Waals surface area contributed by atoms with Gasteiger partial charge in [0.1, 0.15) is 11.9 Å². The Morgan fingerprint density at radius 2 is 1.96 bits per heavy atom. The number of guanidine groups is 1. The highest BCUT2D eigenvalue weighted by atomic mass is 35.5. The summed E-state index contributed by atoms with van der Waals surface area (Å²) in [5.41, 5.74) is 13.9. The van der Waals surface area contributed by atoms with E-state index in [9.17, 15) is 4.79 Å². The lowest BCUT2D eigenvalue weighted by Crippen LogP contribution is -2.24. The van der Waals surface area contributed by atoms with E-state index in [1.165, 1.54) is 0 Å². The molecule has 4 N–H and O–H groups in total. The third kappa shape index (κ3) is 4.81. The minimum absolute atomic E-state index is 0.143. The van der Waals surface area contributed by atoms with Crippen molar-refractivity contribution in [3.63, 3.8) is 0 Å². The molecule has 7 heteroatoms. The fraction of sp³-hybridized carbons (Fsp3) is 0.200. The van der Waals surface area contributed by atoms with Gasteiger partial charge in [0.2, 0.25) is 0 Å².